The maximum atomic E-state index is 8.53. The molecule has 1 N–H and O–H groups in total. The van der Waals surface area contributed by atoms with Crippen LogP contribution in [-0.2, 0) is 0 Å². The third-order valence-electron chi connectivity index (χ3n) is 2.18. The fourth-order valence-electron chi connectivity index (χ4n) is 1.31. The normalized spacial score (nSPS) is 9.21. The minimum absolute atomic E-state index is 0.238. The maximum Gasteiger partial charge on any atom is 0.237 e. The lowest BCUT2D eigenvalue weighted by atomic mass is 10.2. The summed E-state index contributed by atoms with van der Waals surface area (Å²) in [5, 5.41) is 24.5. The monoisotopic (exact) mass is 252 g/mol. The molecule has 2 aromatic rings. The van der Waals surface area contributed by atoms with Crippen LogP contribution in [0.2, 0.25) is 0 Å². The van der Waals surface area contributed by atoms with Crippen molar-refractivity contribution in [3.8, 4) is 23.5 Å². The van der Waals surface area contributed by atoms with Crippen molar-refractivity contribution in [1.82, 2.24) is 10.1 Å². The Bertz CT molecular complexity index is 670. The zero-order valence-corrected chi connectivity index (χ0v) is 9.95. The first-order valence-electron chi connectivity index (χ1n) is 5.27. The molecule has 0 saturated heterocycles. The molecule has 92 valence electrons. The van der Waals surface area contributed by atoms with Crippen LogP contribution in [0.1, 0.15) is 5.89 Å². The van der Waals surface area contributed by atoms with E-state index >= 15 is 0 Å². The van der Waals surface area contributed by atoms with Gasteiger partial charge in [-0.1, -0.05) is 5.16 Å². The predicted octanol–water partition coefficient (Wildman–Crippen LogP) is 1.86. The minimum atomic E-state index is -0.238. The third-order valence-corrected chi connectivity index (χ3v) is 2.18. The van der Waals surface area contributed by atoms with Gasteiger partial charge in [0.05, 0.1) is 5.69 Å². The van der Waals surface area contributed by atoms with Gasteiger partial charge in [-0.25, -0.2) is 0 Å². The molecular weight excluding hydrogens is 244 g/mol. The second kappa shape index (κ2) is 5.43. The molecule has 1 aromatic heterocycles. The Morgan fingerprint density at radius 1 is 1.26 bits per heavy atom. The summed E-state index contributed by atoms with van der Waals surface area (Å²) in [6.45, 7) is 1.71. The maximum absolute atomic E-state index is 8.53. The van der Waals surface area contributed by atoms with Crippen LogP contribution in [0, 0.1) is 29.6 Å². The molecule has 2 rings (SSSR count). The van der Waals surface area contributed by atoms with Crippen molar-refractivity contribution in [2.45, 2.75) is 6.92 Å². The van der Waals surface area contributed by atoms with Gasteiger partial charge < -0.3 is 4.52 Å². The van der Waals surface area contributed by atoms with Crippen molar-refractivity contribution in [2.75, 3.05) is 5.43 Å². The van der Waals surface area contributed by atoms with Crippen molar-refractivity contribution in [3.63, 3.8) is 0 Å². The van der Waals surface area contributed by atoms with Crippen LogP contribution in [0.4, 0.5) is 5.69 Å². The number of aromatic nitrogens is 2. The van der Waals surface area contributed by atoms with Gasteiger partial charge in [-0.05, 0) is 24.3 Å². The highest BCUT2D eigenvalue weighted by atomic mass is 16.5. The first kappa shape index (κ1) is 12.3. The number of nitrogens with zero attached hydrogens (tertiary/aromatic N) is 5. The van der Waals surface area contributed by atoms with E-state index in [2.05, 4.69) is 20.7 Å². The van der Waals surface area contributed by atoms with Gasteiger partial charge in [-0.15, -0.1) is 0 Å². The van der Waals surface area contributed by atoms with E-state index in [4.69, 9.17) is 15.0 Å². The number of aryl methyl sites for hydroxylation is 1. The third kappa shape index (κ3) is 2.93. The molecular formula is C12H8N6O. The van der Waals surface area contributed by atoms with Crippen molar-refractivity contribution in [1.29, 1.82) is 10.5 Å². The summed E-state index contributed by atoms with van der Waals surface area (Å²) in [4.78, 5) is 4.10. The van der Waals surface area contributed by atoms with E-state index in [-0.39, 0.29) is 5.71 Å². The highest BCUT2D eigenvalue weighted by Crippen LogP contribution is 2.18. The van der Waals surface area contributed by atoms with E-state index in [0.29, 0.717) is 17.4 Å². The average Bonchev–Trinajstić information content (AvgIpc) is 2.87. The largest absolute Gasteiger partial charge is 0.339 e. The van der Waals surface area contributed by atoms with E-state index < -0.39 is 0 Å². The summed E-state index contributed by atoms with van der Waals surface area (Å²) in [6.07, 6.45) is 0. The summed E-state index contributed by atoms with van der Waals surface area (Å²) in [6, 6.07) is 10.3. The Kier molecular flexibility index (Phi) is 3.51. The number of anilines is 1. The quantitative estimate of drug-likeness (QED) is 0.659. The molecule has 19 heavy (non-hydrogen) atoms. The lowest BCUT2D eigenvalue weighted by Gasteiger charge is -2.00. The van der Waals surface area contributed by atoms with Gasteiger partial charge in [-0.2, -0.15) is 20.6 Å². The zero-order valence-electron chi connectivity index (χ0n) is 9.95. The SMILES string of the molecule is Cc1nc(-c2ccc(NN=C(C#N)C#N)cc2)no1. The van der Waals surface area contributed by atoms with Gasteiger partial charge >= 0.3 is 0 Å². The number of hydrogen-bond acceptors (Lipinski definition) is 7. The molecule has 0 radical (unpaired) electrons. The van der Waals surface area contributed by atoms with Crippen molar-refractivity contribution >= 4 is 11.4 Å². The summed E-state index contributed by atoms with van der Waals surface area (Å²) in [5.41, 5.74) is 3.81. The van der Waals surface area contributed by atoms with Crippen molar-refractivity contribution < 1.29 is 4.52 Å². The van der Waals surface area contributed by atoms with Gasteiger partial charge in [0.15, 0.2) is 0 Å². The summed E-state index contributed by atoms with van der Waals surface area (Å²) >= 11 is 0. The van der Waals surface area contributed by atoms with Crippen LogP contribution < -0.4 is 5.43 Å². The molecule has 0 fully saturated rings. The molecule has 1 heterocycles. The molecule has 0 atom stereocenters. The first-order valence-corrected chi connectivity index (χ1v) is 5.27. The Labute approximate surface area is 108 Å². The van der Waals surface area contributed by atoms with Crippen LogP contribution in [-0.4, -0.2) is 15.9 Å². The Hall–Kier alpha value is -3.19. The van der Waals surface area contributed by atoms with Gasteiger partial charge in [-0.3, -0.25) is 5.43 Å². The summed E-state index contributed by atoms with van der Waals surface area (Å²) in [7, 11) is 0. The van der Waals surface area contributed by atoms with E-state index in [1.165, 1.54) is 0 Å². The van der Waals surface area contributed by atoms with Gasteiger partial charge in [0, 0.05) is 12.5 Å². The number of hydrazone groups is 1. The number of benzene rings is 1. The number of rotatable bonds is 3. The Morgan fingerprint density at radius 2 is 1.95 bits per heavy atom. The number of nitriles is 2. The second-order valence-corrected chi connectivity index (χ2v) is 3.51. The molecule has 0 aliphatic carbocycles. The molecule has 1 aromatic carbocycles. The van der Waals surface area contributed by atoms with Crippen LogP contribution >= 0.6 is 0 Å². The number of hydrogen-bond donors (Lipinski definition) is 1. The average molecular weight is 252 g/mol. The first-order chi connectivity index (χ1) is 9.22. The number of nitrogens with one attached hydrogen (secondary N) is 1. The van der Waals surface area contributed by atoms with Gasteiger partial charge in [0.1, 0.15) is 12.1 Å². The molecule has 7 nitrogen and oxygen atoms in total. The molecule has 0 unspecified atom stereocenters. The van der Waals surface area contributed by atoms with E-state index in [0.717, 1.165) is 5.56 Å². The topological polar surface area (TPSA) is 111 Å². The van der Waals surface area contributed by atoms with Gasteiger partial charge in [0.25, 0.3) is 0 Å². The van der Waals surface area contributed by atoms with Crippen molar-refractivity contribution in [3.05, 3.63) is 30.2 Å². The predicted molar refractivity (Wildman–Crippen MR) is 66.8 cm³/mol. The van der Waals surface area contributed by atoms with Crippen LogP contribution in [0.25, 0.3) is 11.4 Å². The smallest absolute Gasteiger partial charge is 0.237 e. The zero-order chi connectivity index (χ0) is 13.7. The Balaban J connectivity index is 2.14. The van der Waals surface area contributed by atoms with Crippen LogP contribution in [0.5, 0.6) is 0 Å². The fraction of sp³-hybridized carbons (Fsp3) is 0.0833. The molecule has 0 aliphatic heterocycles. The molecule has 7 heteroatoms. The fourth-order valence-corrected chi connectivity index (χ4v) is 1.31. The van der Waals surface area contributed by atoms with Gasteiger partial charge in [0.2, 0.25) is 17.4 Å². The molecule has 0 aliphatic rings. The standard InChI is InChI=1S/C12H8N6O/c1-8-15-12(18-19-8)9-2-4-10(5-3-9)16-17-11(6-13)7-14/h2-5,16H,1H3. The Morgan fingerprint density at radius 3 is 2.47 bits per heavy atom. The van der Waals surface area contributed by atoms with E-state index in [1.54, 1.807) is 43.3 Å². The van der Waals surface area contributed by atoms with Crippen LogP contribution in [0.15, 0.2) is 33.9 Å². The highest BCUT2D eigenvalue weighted by molar-refractivity contribution is 6.10. The molecule has 0 spiro atoms. The van der Waals surface area contributed by atoms with Crippen molar-refractivity contribution in [2.24, 2.45) is 5.10 Å². The van der Waals surface area contributed by atoms with E-state index in [1.807, 2.05) is 0 Å². The highest BCUT2D eigenvalue weighted by Gasteiger charge is 2.05. The molecule has 0 amide bonds. The molecule has 0 bridgehead atoms. The summed E-state index contributed by atoms with van der Waals surface area (Å²) in [5.74, 6) is 0.997. The lowest BCUT2D eigenvalue weighted by Crippen LogP contribution is -1.96. The minimum Gasteiger partial charge on any atom is -0.339 e. The summed E-state index contributed by atoms with van der Waals surface area (Å²) < 4.78 is 4.89. The second-order valence-electron chi connectivity index (χ2n) is 3.51. The van der Waals surface area contributed by atoms with E-state index in [9.17, 15) is 0 Å². The lowest BCUT2D eigenvalue weighted by molar-refractivity contribution is 0.394. The molecule has 0 saturated carbocycles. The van der Waals surface area contributed by atoms with Crippen LogP contribution in [0.3, 0.4) is 0 Å².